The number of carbonyl (C=O) groups excluding carboxylic acids is 3. The summed E-state index contributed by atoms with van der Waals surface area (Å²) in [5, 5.41) is 0. The van der Waals surface area contributed by atoms with Crippen LogP contribution in [-0.4, -0.2) is 37.2 Å². The summed E-state index contributed by atoms with van der Waals surface area (Å²) in [5.74, 6) is -0.968. The highest BCUT2D eigenvalue weighted by Gasteiger charge is 2.19. The van der Waals surface area contributed by atoms with Gasteiger partial charge in [0.15, 0.2) is 6.10 Å². The zero-order chi connectivity index (χ0) is 50.0. The van der Waals surface area contributed by atoms with Crippen molar-refractivity contribution < 1.29 is 28.6 Å². The van der Waals surface area contributed by atoms with Crippen molar-refractivity contribution in [2.24, 2.45) is 0 Å². The number of esters is 3. The molecule has 0 N–H and O–H groups in total. The summed E-state index contributed by atoms with van der Waals surface area (Å²) in [6.45, 7) is 6.49. The summed E-state index contributed by atoms with van der Waals surface area (Å²) in [7, 11) is 0. The molecule has 0 aromatic heterocycles. The molecular weight excluding hydrogens is 853 g/mol. The Hall–Kier alpha value is -2.63. The Balaban J connectivity index is 4.12. The highest BCUT2D eigenvalue weighted by atomic mass is 16.6. The lowest BCUT2D eigenvalue weighted by Crippen LogP contribution is -2.30. The number of rotatable bonds is 55. The first kappa shape index (κ1) is 66.4. The second-order valence-electron chi connectivity index (χ2n) is 20.2. The molecule has 0 aliphatic rings. The largest absolute Gasteiger partial charge is 0.462 e. The van der Waals surface area contributed by atoms with Crippen LogP contribution in [0.5, 0.6) is 0 Å². The molecule has 402 valence electrons. The second kappa shape index (κ2) is 57.9. The SMILES string of the molecule is CC/C=C\C/C=C\C/C=C\C/C=C\CCC(=O)OC(COC(=O)CCCCCCCCCCCC)COC(=O)CCCCCCCCCCCCCCCCCCCCCCCCCCCCCC. The normalized spacial score (nSPS) is 12.3. The highest BCUT2D eigenvalue weighted by Crippen LogP contribution is 2.17. The van der Waals surface area contributed by atoms with Crippen LogP contribution in [0.25, 0.3) is 0 Å². The Kier molecular flexibility index (Phi) is 55.7. The smallest absolute Gasteiger partial charge is 0.306 e. The molecule has 0 fully saturated rings. The zero-order valence-electron chi connectivity index (χ0n) is 46.1. The maximum Gasteiger partial charge on any atom is 0.306 e. The van der Waals surface area contributed by atoms with E-state index in [1.54, 1.807) is 0 Å². The summed E-state index contributed by atoms with van der Waals surface area (Å²) in [6, 6.07) is 0. The van der Waals surface area contributed by atoms with E-state index < -0.39 is 6.10 Å². The number of unbranched alkanes of at least 4 members (excludes halogenated alkanes) is 36. The minimum Gasteiger partial charge on any atom is -0.462 e. The van der Waals surface area contributed by atoms with Crippen molar-refractivity contribution >= 4 is 17.9 Å². The Morgan fingerprint density at radius 2 is 0.565 bits per heavy atom. The first-order chi connectivity index (χ1) is 34.0. The summed E-state index contributed by atoms with van der Waals surface area (Å²) in [5.41, 5.74) is 0. The average Bonchev–Trinajstić information content (AvgIpc) is 3.35. The van der Waals surface area contributed by atoms with E-state index in [9.17, 15) is 14.4 Å². The molecule has 6 nitrogen and oxygen atoms in total. The van der Waals surface area contributed by atoms with Gasteiger partial charge >= 0.3 is 17.9 Å². The Morgan fingerprint density at radius 3 is 0.855 bits per heavy atom. The molecule has 0 aliphatic carbocycles. The molecule has 0 radical (unpaired) electrons. The summed E-state index contributed by atoms with van der Waals surface area (Å²) in [6.07, 6.45) is 71.6. The first-order valence-corrected chi connectivity index (χ1v) is 30.1. The predicted molar refractivity (Wildman–Crippen MR) is 298 cm³/mol. The van der Waals surface area contributed by atoms with Crippen molar-refractivity contribution in [3.63, 3.8) is 0 Å². The fourth-order valence-electron chi connectivity index (χ4n) is 8.87. The van der Waals surface area contributed by atoms with E-state index in [4.69, 9.17) is 14.2 Å². The maximum absolute atomic E-state index is 12.8. The molecule has 0 aliphatic heterocycles. The van der Waals surface area contributed by atoms with E-state index in [2.05, 4.69) is 63.3 Å². The van der Waals surface area contributed by atoms with Crippen molar-refractivity contribution in [2.45, 2.75) is 322 Å². The van der Waals surface area contributed by atoms with Gasteiger partial charge in [-0.25, -0.2) is 0 Å². The molecule has 0 aromatic carbocycles. The molecule has 0 spiro atoms. The van der Waals surface area contributed by atoms with Crippen molar-refractivity contribution in [3.8, 4) is 0 Å². The number of hydrogen-bond donors (Lipinski definition) is 0. The number of allylic oxidation sites excluding steroid dienone is 8. The third-order valence-electron chi connectivity index (χ3n) is 13.4. The molecule has 0 saturated carbocycles. The minimum absolute atomic E-state index is 0.0976. The summed E-state index contributed by atoms with van der Waals surface area (Å²) < 4.78 is 16.8. The van der Waals surface area contributed by atoms with Crippen LogP contribution >= 0.6 is 0 Å². The van der Waals surface area contributed by atoms with Crippen LogP contribution < -0.4 is 0 Å². The fraction of sp³-hybridized carbons (Fsp3) is 0.825. The summed E-state index contributed by atoms with van der Waals surface area (Å²) >= 11 is 0. The molecule has 0 rings (SSSR count). The van der Waals surface area contributed by atoms with Crippen LogP contribution in [0.3, 0.4) is 0 Å². The van der Waals surface area contributed by atoms with Crippen LogP contribution in [0.1, 0.15) is 316 Å². The first-order valence-electron chi connectivity index (χ1n) is 30.1. The Labute approximate surface area is 428 Å². The molecule has 69 heavy (non-hydrogen) atoms. The van der Waals surface area contributed by atoms with Crippen LogP contribution in [0.2, 0.25) is 0 Å². The molecule has 0 heterocycles. The zero-order valence-corrected chi connectivity index (χ0v) is 46.1. The Bertz CT molecular complexity index is 1200. The van der Waals surface area contributed by atoms with Gasteiger partial charge < -0.3 is 14.2 Å². The number of ether oxygens (including phenoxy) is 3. The monoisotopic (exact) mass is 967 g/mol. The van der Waals surface area contributed by atoms with Crippen molar-refractivity contribution in [1.82, 2.24) is 0 Å². The van der Waals surface area contributed by atoms with E-state index in [0.717, 1.165) is 64.2 Å². The quantitative estimate of drug-likeness (QED) is 0.0262. The lowest BCUT2D eigenvalue weighted by atomic mass is 10.0. The number of carbonyl (C=O) groups is 3. The van der Waals surface area contributed by atoms with Gasteiger partial charge in [0.2, 0.25) is 0 Å². The molecule has 1 unspecified atom stereocenters. The molecule has 0 saturated heterocycles. The van der Waals surface area contributed by atoms with E-state index in [1.165, 1.54) is 205 Å². The molecule has 0 amide bonds. The van der Waals surface area contributed by atoms with Crippen LogP contribution in [0, 0.1) is 0 Å². The topological polar surface area (TPSA) is 78.9 Å². The van der Waals surface area contributed by atoms with E-state index in [0.29, 0.717) is 19.3 Å². The van der Waals surface area contributed by atoms with Gasteiger partial charge in [0, 0.05) is 19.3 Å². The molecular formula is C63H114O6. The van der Waals surface area contributed by atoms with Gasteiger partial charge in [0.05, 0.1) is 0 Å². The van der Waals surface area contributed by atoms with Crippen molar-refractivity contribution in [3.05, 3.63) is 48.6 Å². The average molecular weight is 968 g/mol. The van der Waals surface area contributed by atoms with Crippen molar-refractivity contribution in [2.75, 3.05) is 13.2 Å². The van der Waals surface area contributed by atoms with Gasteiger partial charge in [-0.3, -0.25) is 14.4 Å². The third kappa shape index (κ3) is 56.2. The minimum atomic E-state index is -0.806. The summed E-state index contributed by atoms with van der Waals surface area (Å²) in [4.78, 5) is 38.0. The standard InChI is InChI=1S/C63H114O6/c1-4-7-10-13-16-19-22-24-25-26-27-28-29-30-31-32-33-34-35-36-37-38-40-41-44-47-50-53-56-62(65)68-59-60(58-67-61(64)55-52-49-46-43-21-18-15-12-9-6-3)69-63(66)57-54-51-48-45-42-39-23-20-17-14-11-8-5-2/h8,11,17,20,39,42,48,51,60H,4-7,9-10,12-16,18-19,21-38,40-41,43-47,49-50,52-59H2,1-3H3/b11-8-,20-17-,42-39-,51-48-. The molecule has 0 bridgehead atoms. The lowest BCUT2D eigenvalue weighted by molar-refractivity contribution is -0.166. The molecule has 1 atom stereocenters. The van der Waals surface area contributed by atoms with E-state index in [-0.39, 0.29) is 37.5 Å². The predicted octanol–water partition coefficient (Wildman–Crippen LogP) is 20.2. The van der Waals surface area contributed by atoms with Crippen LogP contribution in [-0.2, 0) is 28.6 Å². The Morgan fingerprint density at radius 1 is 0.304 bits per heavy atom. The van der Waals surface area contributed by atoms with Gasteiger partial charge in [-0.15, -0.1) is 0 Å². The molecule has 6 heteroatoms. The van der Waals surface area contributed by atoms with E-state index >= 15 is 0 Å². The van der Waals surface area contributed by atoms with Gasteiger partial charge in [-0.2, -0.15) is 0 Å². The maximum atomic E-state index is 12.8. The lowest BCUT2D eigenvalue weighted by Gasteiger charge is -2.18. The highest BCUT2D eigenvalue weighted by molar-refractivity contribution is 5.71. The van der Waals surface area contributed by atoms with Crippen LogP contribution in [0.4, 0.5) is 0 Å². The molecule has 0 aromatic rings. The van der Waals surface area contributed by atoms with Gasteiger partial charge in [-0.05, 0) is 44.9 Å². The van der Waals surface area contributed by atoms with Crippen LogP contribution in [0.15, 0.2) is 48.6 Å². The van der Waals surface area contributed by atoms with Crippen molar-refractivity contribution in [1.29, 1.82) is 0 Å². The second-order valence-corrected chi connectivity index (χ2v) is 20.2. The van der Waals surface area contributed by atoms with E-state index in [1.807, 2.05) is 6.08 Å². The third-order valence-corrected chi connectivity index (χ3v) is 13.4. The number of hydrogen-bond acceptors (Lipinski definition) is 6. The van der Waals surface area contributed by atoms with Gasteiger partial charge in [0.1, 0.15) is 13.2 Å². The fourth-order valence-corrected chi connectivity index (χ4v) is 8.87. The van der Waals surface area contributed by atoms with Gasteiger partial charge in [0.25, 0.3) is 0 Å². The van der Waals surface area contributed by atoms with Gasteiger partial charge in [-0.1, -0.05) is 301 Å².